The van der Waals surface area contributed by atoms with E-state index in [0.29, 0.717) is 22.2 Å². The number of hydrogen-bond acceptors (Lipinski definition) is 4. The number of sulfonamides is 1. The number of rotatable bonds is 10. The monoisotopic (exact) mass is 547 g/mol. The van der Waals surface area contributed by atoms with Gasteiger partial charge in [0.2, 0.25) is 21.8 Å². The Morgan fingerprint density at radius 3 is 2.21 bits per heavy atom. The Labute approximate surface area is 216 Å². The molecular weight excluding hydrogens is 521 g/mol. The molecule has 11 heteroatoms. The summed E-state index contributed by atoms with van der Waals surface area (Å²) in [6.07, 6.45) is 0.975. The molecule has 0 saturated heterocycles. The van der Waals surface area contributed by atoms with Gasteiger partial charge >= 0.3 is 0 Å². The fraction of sp³-hybridized carbons (Fsp3) is 0.391. The first-order valence-electron chi connectivity index (χ1n) is 10.5. The highest BCUT2D eigenvalue weighted by Crippen LogP contribution is 2.30. The second-order valence-corrected chi connectivity index (χ2v) is 11.5. The summed E-state index contributed by atoms with van der Waals surface area (Å²) in [6.45, 7) is 5.39. The molecule has 0 fully saturated rings. The minimum absolute atomic E-state index is 0.0146. The van der Waals surface area contributed by atoms with Crippen molar-refractivity contribution in [1.29, 1.82) is 0 Å². The molecule has 0 unspecified atom stereocenters. The molecule has 2 aromatic rings. The Morgan fingerprint density at radius 2 is 1.65 bits per heavy atom. The van der Waals surface area contributed by atoms with E-state index >= 15 is 0 Å². The van der Waals surface area contributed by atoms with E-state index in [1.807, 2.05) is 13.8 Å². The number of nitrogens with one attached hydrogen (secondary N) is 1. The van der Waals surface area contributed by atoms with Crippen LogP contribution in [0.3, 0.4) is 0 Å². The molecule has 0 aliphatic carbocycles. The summed E-state index contributed by atoms with van der Waals surface area (Å²) in [4.78, 5) is 27.6. The van der Waals surface area contributed by atoms with E-state index in [4.69, 9.17) is 34.8 Å². The third kappa shape index (κ3) is 7.77. The highest BCUT2D eigenvalue weighted by Gasteiger charge is 2.31. The van der Waals surface area contributed by atoms with Crippen molar-refractivity contribution in [2.45, 2.75) is 33.4 Å². The second kappa shape index (κ2) is 12.1. The van der Waals surface area contributed by atoms with Crippen molar-refractivity contribution < 1.29 is 18.0 Å². The summed E-state index contributed by atoms with van der Waals surface area (Å²) >= 11 is 18.5. The van der Waals surface area contributed by atoms with Crippen molar-refractivity contribution in [2.75, 3.05) is 23.7 Å². The molecule has 0 radical (unpaired) electrons. The van der Waals surface area contributed by atoms with E-state index in [1.54, 1.807) is 31.2 Å². The van der Waals surface area contributed by atoms with E-state index in [9.17, 15) is 18.0 Å². The number of benzene rings is 2. The molecule has 0 heterocycles. The second-order valence-electron chi connectivity index (χ2n) is 8.29. The van der Waals surface area contributed by atoms with Gasteiger partial charge in [-0.1, -0.05) is 66.8 Å². The third-order valence-electron chi connectivity index (χ3n) is 5.01. The Bertz CT molecular complexity index is 1140. The lowest BCUT2D eigenvalue weighted by molar-refractivity contribution is -0.139. The Morgan fingerprint density at radius 1 is 1.00 bits per heavy atom. The van der Waals surface area contributed by atoms with Crippen LogP contribution in [0.2, 0.25) is 15.1 Å². The van der Waals surface area contributed by atoms with Crippen LogP contribution in [0.1, 0.15) is 26.3 Å². The van der Waals surface area contributed by atoms with E-state index in [2.05, 4.69) is 5.32 Å². The average molecular weight is 549 g/mol. The van der Waals surface area contributed by atoms with Crippen LogP contribution >= 0.6 is 34.8 Å². The van der Waals surface area contributed by atoms with Crippen LogP contribution < -0.4 is 9.62 Å². The quantitative estimate of drug-likeness (QED) is 0.470. The van der Waals surface area contributed by atoms with Gasteiger partial charge in [0.15, 0.2) is 0 Å². The summed E-state index contributed by atoms with van der Waals surface area (Å²) in [7, 11) is -3.90. The summed E-state index contributed by atoms with van der Waals surface area (Å²) in [6, 6.07) is 10.4. The smallest absolute Gasteiger partial charge is 0.244 e. The molecule has 2 amide bonds. The van der Waals surface area contributed by atoms with Gasteiger partial charge in [-0.05, 0) is 42.7 Å². The molecule has 0 aromatic heterocycles. The zero-order valence-corrected chi connectivity index (χ0v) is 22.5. The summed E-state index contributed by atoms with van der Waals surface area (Å²) < 4.78 is 26.1. The van der Waals surface area contributed by atoms with Crippen molar-refractivity contribution in [1.82, 2.24) is 10.2 Å². The Hall–Kier alpha value is -2.00. The number of hydrogen-bond donors (Lipinski definition) is 1. The van der Waals surface area contributed by atoms with Crippen LogP contribution in [-0.4, -0.2) is 50.5 Å². The SMILES string of the molecule is CC(C)CNC(=O)[C@H](C)N(Cc1ccccc1Cl)C(=O)CN(c1ccc(Cl)cc1Cl)S(C)(=O)=O. The molecular formula is C23H28Cl3N3O4S. The normalized spacial score (nSPS) is 12.4. The Balaban J connectivity index is 2.41. The minimum atomic E-state index is -3.90. The van der Waals surface area contributed by atoms with Gasteiger partial charge in [0, 0.05) is 23.1 Å². The molecule has 0 saturated carbocycles. The van der Waals surface area contributed by atoms with Gasteiger partial charge in [-0.3, -0.25) is 13.9 Å². The van der Waals surface area contributed by atoms with E-state index in [-0.39, 0.29) is 29.1 Å². The first kappa shape index (κ1) is 28.2. The minimum Gasteiger partial charge on any atom is -0.354 e. The molecule has 2 aromatic carbocycles. The van der Waals surface area contributed by atoms with Gasteiger partial charge in [-0.15, -0.1) is 0 Å². The molecule has 0 aliphatic heterocycles. The number of carbonyl (C=O) groups is 2. The van der Waals surface area contributed by atoms with Crippen molar-refractivity contribution in [3.63, 3.8) is 0 Å². The lowest BCUT2D eigenvalue weighted by atomic mass is 10.1. The molecule has 0 bridgehead atoms. The fourth-order valence-electron chi connectivity index (χ4n) is 3.12. The summed E-state index contributed by atoms with van der Waals surface area (Å²) in [5.74, 6) is -0.732. The first-order valence-corrected chi connectivity index (χ1v) is 13.5. The predicted molar refractivity (Wildman–Crippen MR) is 138 cm³/mol. The van der Waals surface area contributed by atoms with Gasteiger partial charge in [0.25, 0.3) is 0 Å². The van der Waals surface area contributed by atoms with Crippen LogP contribution in [0.15, 0.2) is 42.5 Å². The molecule has 0 spiro atoms. The van der Waals surface area contributed by atoms with E-state index < -0.39 is 28.5 Å². The van der Waals surface area contributed by atoms with E-state index in [0.717, 1.165) is 10.6 Å². The average Bonchev–Trinajstić information content (AvgIpc) is 2.74. The van der Waals surface area contributed by atoms with Crippen molar-refractivity contribution >= 4 is 62.3 Å². The highest BCUT2D eigenvalue weighted by molar-refractivity contribution is 7.92. The van der Waals surface area contributed by atoms with Crippen LogP contribution in [0, 0.1) is 5.92 Å². The molecule has 1 N–H and O–H groups in total. The number of amides is 2. The zero-order chi connectivity index (χ0) is 25.6. The van der Waals surface area contributed by atoms with Gasteiger partial charge < -0.3 is 10.2 Å². The summed E-state index contributed by atoms with van der Waals surface area (Å²) in [5.41, 5.74) is 0.730. The fourth-order valence-corrected chi connectivity index (χ4v) is 4.74. The van der Waals surface area contributed by atoms with Crippen molar-refractivity contribution in [3.05, 3.63) is 63.1 Å². The number of nitrogens with zero attached hydrogens (tertiary/aromatic N) is 2. The van der Waals surface area contributed by atoms with Crippen LogP contribution in [0.5, 0.6) is 0 Å². The van der Waals surface area contributed by atoms with E-state index in [1.165, 1.54) is 23.1 Å². The third-order valence-corrected chi connectivity index (χ3v) is 7.04. The topological polar surface area (TPSA) is 86.8 Å². The molecule has 1 atom stereocenters. The molecule has 34 heavy (non-hydrogen) atoms. The van der Waals surface area contributed by atoms with Crippen molar-refractivity contribution in [2.24, 2.45) is 5.92 Å². The van der Waals surface area contributed by atoms with Crippen LogP contribution in [0.4, 0.5) is 5.69 Å². The number of carbonyl (C=O) groups excluding carboxylic acids is 2. The first-order chi connectivity index (χ1) is 15.8. The van der Waals surface area contributed by atoms with Crippen LogP contribution in [-0.2, 0) is 26.2 Å². The van der Waals surface area contributed by atoms with Gasteiger partial charge in [-0.25, -0.2) is 8.42 Å². The molecule has 2 rings (SSSR count). The summed E-state index contributed by atoms with van der Waals surface area (Å²) in [5, 5.41) is 3.64. The maximum absolute atomic E-state index is 13.5. The Kier molecular flexibility index (Phi) is 10.1. The lowest BCUT2D eigenvalue weighted by Crippen LogP contribution is -2.51. The predicted octanol–water partition coefficient (Wildman–Crippen LogP) is 4.60. The zero-order valence-electron chi connectivity index (χ0n) is 19.4. The van der Waals surface area contributed by atoms with Gasteiger partial charge in [-0.2, -0.15) is 0 Å². The molecule has 186 valence electrons. The van der Waals surface area contributed by atoms with Gasteiger partial charge in [0.05, 0.1) is 17.0 Å². The lowest BCUT2D eigenvalue weighted by Gasteiger charge is -2.32. The van der Waals surface area contributed by atoms with Crippen molar-refractivity contribution in [3.8, 4) is 0 Å². The molecule has 0 aliphatic rings. The van der Waals surface area contributed by atoms with Gasteiger partial charge in [0.1, 0.15) is 12.6 Å². The highest BCUT2D eigenvalue weighted by atomic mass is 35.5. The maximum atomic E-state index is 13.5. The van der Waals surface area contributed by atoms with Crippen LogP contribution in [0.25, 0.3) is 0 Å². The number of halogens is 3. The molecule has 7 nitrogen and oxygen atoms in total. The largest absolute Gasteiger partial charge is 0.354 e. The standard InChI is InChI=1S/C23H28Cl3N3O4S/c1-15(2)12-27-23(31)16(3)28(13-17-7-5-6-8-19(17)25)22(30)14-29(34(4,32)33)21-10-9-18(24)11-20(21)26/h5-11,15-16H,12-14H2,1-4H3,(H,27,31)/t16-/m0/s1. The number of anilines is 1. The maximum Gasteiger partial charge on any atom is 0.244 e.